The van der Waals surface area contributed by atoms with Crippen LogP contribution in [0.3, 0.4) is 0 Å². The van der Waals surface area contributed by atoms with Gasteiger partial charge < -0.3 is 86.5 Å². The van der Waals surface area contributed by atoms with Crippen LogP contribution in [0.25, 0.3) is 0 Å². The molecule has 0 spiro atoms. The van der Waals surface area contributed by atoms with Crippen LogP contribution < -0.4 is 76.5 Å². The second-order valence-corrected chi connectivity index (χ2v) is 21.5. The number of hydrogen-bond donors (Lipinski definition) is 15. The Hall–Kier alpha value is -8.03. The molecule has 2 aromatic carbocycles. The van der Waals surface area contributed by atoms with Crippen LogP contribution in [-0.4, -0.2) is 179 Å². The fourth-order valence-corrected chi connectivity index (χ4v) is 10.7. The molecule has 2 heterocycles. The average Bonchev–Trinajstić information content (AvgIpc) is 3.98. The molecule has 2 fully saturated rings. The number of phenols is 1. The van der Waals surface area contributed by atoms with Gasteiger partial charge in [0.2, 0.25) is 76.8 Å². The van der Waals surface area contributed by atoms with Crippen LogP contribution in [0.1, 0.15) is 62.5 Å². The minimum absolute atomic E-state index is 0.0331. The van der Waals surface area contributed by atoms with Gasteiger partial charge in [-0.05, 0) is 68.3 Å². The number of hydrogen-bond acceptors (Lipinski definition) is 18. The van der Waals surface area contributed by atoms with E-state index >= 15 is 0 Å². The maximum absolute atomic E-state index is 14.8. The van der Waals surface area contributed by atoms with Gasteiger partial charge in [0.1, 0.15) is 54.1 Å². The van der Waals surface area contributed by atoms with E-state index in [0.717, 1.165) is 26.5 Å². The van der Waals surface area contributed by atoms with Gasteiger partial charge in [-0.15, -0.1) is 0 Å². The highest BCUT2D eigenvalue weighted by Gasteiger charge is 2.41. The molecule has 0 aromatic heterocycles. The molecule has 13 amide bonds. The van der Waals surface area contributed by atoms with Crippen molar-refractivity contribution in [1.29, 1.82) is 0 Å². The molecule has 2 aliphatic rings. The molecule has 0 saturated carbocycles. The molecule has 0 aliphatic carbocycles. The number of phenolic OH excluding ortho intramolecular Hbond substituents is 1. The van der Waals surface area contributed by atoms with Gasteiger partial charge in [-0.25, -0.2) is 0 Å². The number of nitrogens with zero attached hydrogens (tertiary/aromatic N) is 1. The van der Waals surface area contributed by atoms with Gasteiger partial charge in [0.05, 0.1) is 26.1 Å². The van der Waals surface area contributed by atoms with E-state index in [2.05, 4.69) is 47.9 Å². The van der Waals surface area contributed by atoms with Gasteiger partial charge in [0.25, 0.3) is 0 Å². The van der Waals surface area contributed by atoms with Gasteiger partial charge in [-0.3, -0.25) is 62.3 Å². The van der Waals surface area contributed by atoms with Crippen molar-refractivity contribution in [2.45, 2.75) is 113 Å². The number of rotatable bonds is 23. The normalized spacial score (nSPS) is 21.7. The highest BCUT2D eigenvalue weighted by Crippen LogP contribution is 2.26. The van der Waals surface area contributed by atoms with Gasteiger partial charge in [0, 0.05) is 37.3 Å². The SMILES string of the molecule is NCCCC[C@H](NC(=O)[C@@H]1CCCN1C(=O)[C@@H]1CSSC[C@H](NC(=O)CNC(=O)CN)C(=O)N[C@@H](Cc2ccc(O)cc2)C(=O)N[C@@H](Cc2ccccc2)C(=O)N[C@@H](CCC(N)=O)C(=O)N[C@@H](CC(N)=O)C(=O)N1)C(=O)NCC(N)=O. The predicted molar refractivity (Wildman–Crippen MR) is 295 cm³/mol. The van der Waals surface area contributed by atoms with Gasteiger partial charge in [0.15, 0.2) is 0 Å². The highest BCUT2D eigenvalue weighted by molar-refractivity contribution is 8.76. The number of likely N-dealkylation sites (tertiary alicyclic amines) is 1. The van der Waals surface area contributed by atoms with E-state index < -0.39 is 164 Å². The predicted octanol–water partition coefficient (Wildman–Crippen LogP) is -6.10. The van der Waals surface area contributed by atoms with E-state index in [1.54, 1.807) is 30.3 Å². The number of nitrogens with one attached hydrogen (secondary N) is 9. The summed E-state index contributed by atoms with van der Waals surface area (Å²) in [5.74, 6) is -12.7. The lowest BCUT2D eigenvalue weighted by Gasteiger charge is -2.31. The quantitative estimate of drug-likeness (QED) is 0.0364. The molecule has 2 aliphatic heterocycles. The number of aromatic hydroxyl groups is 1. The highest BCUT2D eigenvalue weighted by atomic mass is 33.1. The van der Waals surface area contributed by atoms with Crippen molar-refractivity contribution in [3.63, 3.8) is 0 Å². The summed E-state index contributed by atoms with van der Waals surface area (Å²) < 4.78 is 0. The third-order valence-corrected chi connectivity index (χ3v) is 15.0. The Balaban J connectivity index is 1.81. The summed E-state index contributed by atoms with van der Waals surface area (Å²) >= 11 is 0. The summed E-state index contributed by atoms with van der Waals surface area (Å²) in [6.07, 6.45) is -0.962. The smallest absolute Gasteiger partial charge is 0.246 e. The van der Waals surface area contributed by atoms with Crippen LogP contribution in [0.15, 0.2) is 54.6 Å². The van der Waals surface area contributed by atoms with E-state index in [0.29, 0.717) is 24.0 Å². The Morgan fingerprint density at radius 3 is 1.86 bits per heavy atom. The molecule has 81 heavy (non-hydrogen) atoms. The number of carbonyl (C=O) groups excluding carboxylic acids is 13. The molecule has 0 unspecified atom stereocenters. The summed E-state index contributed by atoms with van der Waals surface area (Å²) in [5.41, 5.74) is 28.2. The minimum Gasteiger partial charge on any atom is -0.508 e. The van der Waals surface area contributed by atoms with Crippen molar-refractivity contribution < 1.29 is 67.4 Å². The average molecular weight is 1170 g/mol. The minimum atomic E-state index is -1.85. The molecule has 2 saturated heterocycles. The number of unbranched alkanes of at least 4 members (excludes halogenated alkanes) is 1. The second-order valence-electron chi connectivity index (χ2n) is 18.9. The Morgan fingerprint density at radius 1 is 0.654 bits per heavy atom. The van der Waals surface area contributed by atoms with Gasteiger partial charge >= 0.3 is 0 Å². The van der Waals surface area contributed by atoms with E-state index in [9.17, 15) is 67.4 Å². The third kappa shape index (κ3) is 22.6. The Labute approximate surface area is 473 Å². The van der Waals surface area contributed by atoms with Gasteiger partial charge in [-0.2, -0.15) is 0 Å². The number of amides is 13. The largest absolute Gasteiger partial charge is 0.508 e. The lowest BCUT2D eigenvalue weighted by molar-refractivity contribution is -0.142. The van der Waals surface area contributed by atoms with Crippen LogP contribution in [0.5, 0.6) is 5.75 Å². The van der Waals surface area contributed by atoms with Gasteiger partial charge in [-0.1, -0.05) is 64.1 Å². The molecule has 0 radical (unpaired) electrons. The maximum atomic E-state index is 14.8. The summed E-state index contributed by atoms with van der Waals surface area (Å²) in [6.45, 7) is -1.37. The zero-order chi connectivity index (χ0) is 59.6. The lowest BCUT2D eigenvalue weighted by atomic mass is 10.0. The Kier molecular flexibility index (Phi) is 27.1. The first-order valence-electron chi connectivity index (χ1n) is 25.9. The van der Waals surface area contributed by atoms with E-state index in [1.807, 2.05) is 0 Å². The molecule has 2 aromatic rings. The van der Waals surface area contributed by atoms with Crippen molar-refractivity contribution in [2.24, 2.45) is 28.7 Å². The van der Waals surface area contributed by atoms with Crippen molar-refractivity contribution >= 4 is 98.4 Å². The third-order valence-electron chi connectivity index (χ3n) is 12.6. The summed E-state index contributed by atoms with van der Waals surface area (Å²) in [6, 6.07) is 1.82. The molecule has 29 nitrogen and oxygen atoms in total. The molecule has 20 N–H and O–H groups in total. The van der Waals surface area contributed by atoms with Crippen LogP contribution in [0, 0.1) is 0 Å². The molecule has 31 heteroatoms. The first kappa shape index (κ1) is 65.5. The number of carbonyl (C=O) groups is 13. The topological polar surface area (TPSA) is 484 Å². The first-order valence-corrected chi connectivity index (χ1v) is 28.3. The molecule has 442 valence electrons. The second kappa shape index (κ2) is 33.5. The van der Waals surface area contributed by atoms with Crippen molar-refractivity contribution in [3.8, 4) is 5.75 Å². The molecule has 4 rings (SSSR count). The molecule has 0 bridgehead atoms. The standard InChI is InChI=1S/C50H71N15O14S2/c51-17-5-4-9-30(43(72)57-23-40(55)69)60-49(78)37-10-6-18-65(37)50(79)36-26-81-80-25-35(58-42(71)24-56-41(70)22-52)48(77)62-33(20-28-11-13-29(66)14-12-28)46(75)61-32(19-27-7-2-1-3-8-27)45(74)59-31(15-16-38(53)67)44(73)63-34(21-39(54)68)47(76)64-36/h1-3,7-8,11-14,30-37,66H,4-6,9-10,15-26,51-52H2,(H2,53,67)(H2,54,68)(H2,55,69)(H,56,70)(H,57,72)(H,58,71)(H,59,74)(H,60,78)(H,61,75)(H,62,77)(H,63,73)(H,64,76)/t30-,31-,32-,33-,34-,35-,36-,37-/m0/s1. The fourth-order valence-electron chi connectivity index (χ4n) is 8.38. The lowest BCUT2D eigenvalue weighted by Crippen LogP contribution is -2.61. The number of primary amides is 3. The van der Waals surface area contributed by atoms with Crippen molar-refractivity contribution in [1.82, 2.24) is 52.8 Å². The fraction of sp³-hybridized carbons (Fsp3) is 0.500. The zero-order valence-corrected chi connectivity index (χ0v) is 45.9. The summed E-state index contributed by atoms with van der Waals surface area (Å²) in [4.78, 5) is 177. The van der Waals surface area contributed by atoms with E-state index in [1.165, 1.54) is 24.3 Å². The van der Waals surface area contributed by atoms with Crippen molar-refractivity contribution in [2.75, 3.05) is 44.2 Å². The molecular weight excluding hydrogens is 1100 g/mol. The first-order chi connectivity index (χ1) is 38.6. The Morgan fingerprint density at radius 2 is 1.25 bits per heavy atom. The molecular formula is C50H71N15O14S2. The van der Waals surface area contributed by atoms with Crippen LogP contribution in [-0.2, 0) is 75.2 Å². The van der Waals surface area contributed by atoms with Crippen LogP contribution in [0.4, 0.5) is 0 Å². The van der Waals surface area contributed by atoms with Crippen molar-refractivity contribution in [3.05, 3.63) is 65.7 Å². The summed E-state index contributed by atoms with van der Waals surface area (Å²) in [5, 5.41) is 32.5. The number of benzene rings is 2. The molecule has 8 atom stereocenters. The maximum Gasteiger partial charge on any atom is 0.246 e. The van der Waals surface area contributed by atoms with Crippen LogP contribution in [0.2, 0.25) is 0 Å². The zero-order valence-electron chi connectivity index (χ0n) is 44.2. The van der Waals surface area contributed by atoms with Crippen LogP contribution >= 0.6 is 21.6 Å². The van der Waals surface area contributed by atoms with E-state index in [-0.39, 0.29) is 62.4 Å². The monoisotopic (exact) mass is 1170 g/mol. The number of nitrogens with two attached hydrogens (primary N) is 5. The van der Waals surface area contributed by atoms with E-state index in [4.69, 9.17) is 28.7 Å². The Bertz CT molecular complexity index is 2580. The summed E-state index contributed by atoms with van der Waals surface area (Å²) in [7, 11) is 1.79.